The molecule has 24 heavy (non-hydrogen) atoms. The monoisotopic (exact) mass is 408 g/mol. The lowest BCUT2D eigenvalue weighted by Gasteiger charge is -2.07. The van der Waals surface area contributed by atoms with Crippen molar-refractivity contribution in [3.05, 3.63) is 45.5 Å². The molecule has 3 aromatic rings. The molecule has 0 radical (unpaired) electrons. The number of fused-ring (bicyclic) bond motifs is 1. The van der Waals surface area contributed by atoms with Crippen LogP contribution in [-0.4, -0.2) is 30.2 Å². The summed E-state index contributed by atoms with van der Waals surface area (Å²) in [5, 5.41) is 9.70. The Labute approximate surface area is 150 Å². The third-order valence-electron chi connectivity index (χ3n) is 3.05. The van der Waals surface area contributed by atoms with E-state index >= 15 is 0 Å². The summed E-state index contributed by atoms with van der Waals surface area (Å²) in [7, 11) is 3.67. The largest absolute Gasteiger partial charge is 0.477 e. The Hall–Kier alpha value is -2.19. The number of carboxylic acids is 1. The number of anilines is 1. The molecule has 0 saturated carbocycles. The maximum atomic E-state index is 11.5. The summed E-state index contributed by atoms with van der Waals surface area (Å²) in [6.07, 6.45) is 1.44. The number of carboxylic acid groups (broad SMARTS) is 1. The molecule has 0 aliphatic heterocycles. The smallest absolute Gasteiger partial charge is 0.342 e. The molecule has 0 fully saturated rings. The molecule has 1 N–H and O–H groups in total. The SMILES string of the molecule is CN(C)c1oc(/C=C(/Sc2nc3ccccc3o2)C(=O)O)cc1Br. The Kier molecular flexibility index (Phi) is 4.68. The van der Waals surface area contributed by atoms with Gasteiger partial charge in [-0.3, -0.25) is 0 Å². The van der Waals surface area contributed by atoms with Gasteiger partial charge in [0.15, 0.2) is 5.58 Å². The molecular formula is C16H13BrN2O4S. The van der Waals surface area contributed by atoms with Crippen molar-refractivity contribution in [2.75, 3.05) is 19.0 Å². The number of nitrogens with zero attached hydrogens (tertiary/aromatic N) is 2. The summed E-state index contributed by atoms with van der Waals surface area (Å²) < 4.78 is 11.9. The van der Waals surface area contributed by atoms with Crippen LogP contribution in [0, 0.1) is 0 Å². The Morgan fingerprint density at radius 3 is 2.71 bits per heavy atom. The summed E-state index contributed by atoms with van der Waals surface area (Å²) >= 11 is 4.32. The second-order valence-electron chi connectivity index (χ2n) is 5.06. The van der Waals surface area contributed by atoms with Crippen LogP contribution < -0.4 is 4.90 Å². The van der Waals surface area contributed by atoms with E-state index in [9.17, 15) is 9.90 Å². The van der Waals surface area contributed by atoms with E-state index < -0.39 is 5.97 Å². The van der Waals surface area contributed by atoms with Gasteiger partial charge in [0.2, 0.25) is 5.88 Å². The Balaban J connectivity index is 1.92. The molecule has 0 aliphatic rings. The van der Waals surface area contributed by atoms with E-state index in [1.807, 2.05) is 26.2 Å². The number of halogens is 1. The summed E-state index contributed by atoms with van der Waals surface area (Å²) in [5.74, 6) is -0.0504. The zero-order valence-corrected chi connectivity index (χ0v) is 15.2. The standard InChI is InChI=1S/C16H13BrN2O4S/c1-19(2)14-10(17)7-9(22-14)8-13(15(20)21)24-16-18-11-5-3-4-6-12(11)23-16/h3-8H,1-2H3,(H,20,21)/b13-8+. The quantitative estimate of drug-likeness (QED) is 0.492. The number of carbonyl (C=O) groups is 1. The van der Waals surface area contributed by atoms with Gasteiger partial charge in [0.1, 0.15) is 16.2 Å². The molecule has 6 nitrogen and oxygen atoms in total. The number of rotatable bonds is 5. The molecule has 8 heteroatoms. The average molecular weight is 409 g/mol. The fourth-order valence-corrected chi connectivity index (χ4v) is 3.39. The minimum absolute atomic E-state index is 0.0492. The van der Waals surface area contributed by atoms with Crippen molar-refractivity contribution in [1.82, 2.24) is 4.98 Å². The molecule has 2 aromatic heterocycles. The van der Waals surface area contributed by atoms with Crippen molar-refractivity contribution < 1.29 is 18.7 Å². The lowest BCUT2D eigenvalue weighted by atomic mass is 10.3. The van der Waals surface area contributed by atoms with Crippen LogP contribution in [-0.2, 0) is 4.79 Å². The maximum Gasteiger partial charge on any atom is 0.342 e. The lowest BCUT2D eigenvalue weighted by Crippen LogP contribution is -2.07. The summed E-state index contributed by atoms with van der Waals surface area (Å²) in [4.78, 5) is 17.6. The van der Waals surface area contributed by atoms with Gasteiger partial charge in [-0.25, -0.2) is 9.78 Å². The second kappa shape index (κ2) is 6.74. The Morgan fingerprint density at radius 1 is 1.33 bits per heavy atom. The fraction of sp³-hybridized carbons (Fsp3) is 0.125. The molecule has 0 saturated heterocycles. The first-order valence-corrected chi connectivity index (χ1v) is 8.50. The van der Waals surface area contributed by atoms with Gasteiger partial charge in [0, 0.05) is 26.2 Å². The zero-order valence-electron chi connectivity index (χ0n) is 12.8. The van der Waals surface area contributed by atoms with Crippen LogP contribution in [0.1, 0.15) is 5.76 Å². The number of benzene rings is 1. The van der Waals surface area contributed by atoms with Crippen molar-refractivity contribution in [2.45, 2.75) is 5.22 Å². The second-order valence-corrected chi connectivity index (χ2v) is 6.91. The molecule has 2 heterocycles. The van der Waals surface area contributed by atoms with Gasteiger partial charge < -0.3 is 18.8 Å². The molecule has 1 aromatic carbocycles. The van der Waals surface area contributed by atoms with Crippen LogP contribution in [0.2, 0.25) is 0 Å². The predicted octanol–water partition coefficient (Wildman–Crippen LogP) is 4.47. The van der Waals surface area contributed by atoms with Gasteiger partial charge in [-0.2, -0.15) is 0 Å². The molecule has 0 bridgehead atoms. The highest BCUT2D eigenvalue weighted by atomic mass is 79.9. The molecule has 0 spiro atoms. The molecule has 3 rings (SSSR count). The third kappa shape index (κ3) is 3.49. The van der Waals surface area contributed by atoms with Crippen molar-refractivity contribution in [3.63, 3.8) is 0 Å². The van der Waals surface area contributed by atoms with Gasteiger partial charge in [-0.1, -0.05) is 12.1 Å². The van der Waals surface area contributed by atoms with Gasteiger partial charge >= 0.3 is 5.97 Å². The number of aliphatic carboxylic acids is 1. The molecule has 0 unspecified atom stereocenters. The number of hydrogen-bond donors (Lipinski definition) is 1. The number of aromatic nitrogens is 1. The number of furan rings is 1. The molecule has 0 amide bonds. The summed E-state index contributed by atoms with van der Waals surface area (Å²) in [6.45, 7) is 0. The third-order valence-corrected chi connectivity index (χ3v) is 4.48. The number of oxazole rings is 1. The van der Waals surface area contributed by atoms with Gasteiger partial charge in [-0.05, 0) is 39.8 Å². The first-order chi connectivity index (χ1) is 11.4. The maximum absolute atomic E-state index is 11.5. The predicted molar refractivity (Wildman–Crippen MR) is 96.2 cm³/mol. The molecule has 124 valence electrons. The van der Waals surface area contributed by atoms with E-state index in [1.165, 1.54) is 6.08 Å². The summed E-state index contributed by atoms with van der Waals surface area (Å²) in [6, 6.07) is 8.98. The van der Waals surface area contributed by atoms with Crippen LogP contribution >= 0.6 is 27.7 Å². The van der Waals surface area contributed by atoms with E-state index in [4.69, 9.17) is 8.83 Å². The molecular weight excluding hydrogens is 396 g/mol. The first-order valence-electron chi connectivity index (χ1n) is 6.89. The highest BCUT2D eigenvalue weighted by Gasteiger charge is 2.17. The van der Waals surface area contributed by atoms with Crippen LogP contribution in [0.4, 0.5) is 5.88 Å². The van der Waals surface area contributed by atoms with Crippen molar-refractivity contribution in [3.8, 4) is 0 Å². The highest BCUT2D eigenvalue weighted by Crippen LogP contribution is 2.34. The number of hydrogen-bond acceptors (Lipinski definition) is 6. The minimum Gasteiger partial charge on any atom is -0.477 e. The van der Waals surface area contributed by atoms with Crippen molar-refractivity contribution in [1.29, 1.82) is 0 Å². The van der Waals surface area contributed by atoms with E-state index in [1.54, 1.807) is 23.1 Å². The summed E-state index contributed by atoms with van der Waals surface area (Å²) in [5.41, 5.74) is 1.29. The van der Waals surface area contributed by atoms with Crippen LogP contribution in [0.5, 0.6) is 0 Å². The van der Waals surface area contributed by atoms with Gasteiger partial charge in [0.25, 0.3) is 5.22 Å². The van der Waals surface area contributed by atoms with E-state index in [-0.39, 0.29) is 10.1 Å². The van der Waals surface area contributed by atoms with Crippen LogP contribution in [0.25, 0.3) is 17.2 Å². The van der Waals surface area contributed by atoms with E-state index in [0.717, 1.165) is 16.2 Å². The van der Waals surface area contributed by atoms with E-state index in [2.05, 4.69) is 20.9 Å². The highest BCUT2D eigenvalue weighted by molar-refractivity contribution is 9.10. The van der Waals surface area contributed by atoms with Crippen LogP contribution in [0.15, 0.2) is 53.8 Å². The molecule has 0 aliphatic carbocycles. The van der Waals surface area contributed by atoms with Gasteiger partial charge in [-0.15, -0.1) is 0 Å². The van der Waals surface area contributed by atoms with Crippen LogP contribution in [0.3, 0.4) is 0 Å². The topological polar surface area (TPSA) is 79.7 Å². The number of para-hydroxylation sites is 2. The fourth-order valence-electron chi connectivity index (χ4n) is 2.01. The van der Waals surface area contributed by atoms with E-state index in [0.29, 0.717) is 22.7 Å². The Morgan fingerprint density at radius 2 is 2.08 bits per heavy atom. The molecule has 0 atom stereocenters. The number of thioether (sulfide) groups is 1. The normalized spacial score (nSPS) is 11.9. The zero-order chi connectivity index (χ0) is 17.3. The van der Waals surface area contributed by atoms with Crippen molar-refractivity contribution >= 4 is 56.7 Å². The minimum atomic E-state index is -1.08. The van der Waals surface area contributed by atoms with Crippen molar-refractivity contribution in [2.24, 2.45) is 0 Å². The average Bonchev–Trinajstić information content (AvgIpc) is 3.09. The lowest BCUT2D eigenvalue weighted by molar-refractivity contribution is -0.131. The van der Waals surface area contributed by atoms with Gasteiger partial charge in [0.05, 0.1) is 4.47 Å². The Bertz CT molecular complexity index is 896. The first kappa shape index (κ1) is 16.7.